The quantitative estimate of drug-likeness (QED) is 0.795. The van der Waals surface area contributed by atoms with Crippen molar-refractivity contribution in [3.05, 3.63) is 71.1 Å². The van der Waals surface area contributed by atoms with Crippen molar-refractivity contribution < 1.29 is 4.39 Å². The fourth-order valence-corrected chi connectivity index (χ4v) is 2.28. The molecule has 3 nitrogen and oxygen atoms in total. The molecule has 0 saturated heterocycles. The van der Waals surface area contributed by atoms with Gasteiger partial charge in [-0.25, -0.2) is 4.39 Å². The highest BCUT2D eigenvalue weighted by molar-refractivity contribution is 6.30. The van der Waals surface area contributed by atoms with Crippen molar-refractivity contribution in [2.24, 2.45) is 0 Å². The van der Waals surface area contributed by atoms with Gasteiger partial charge in [0.05, 0.1) is 12.2 Å². The van der Waals surface area contributed by atoms with E-state index in [1.165, 1.54) is 12.1 Å². The van der Waals surface area contributed by atoms with Crippen molar-refractivity contribution in [1.29, 1.82) is 0 Å². The van der Waals surface area contributed by atoms with Gasteiger partial charge in [-0.2, -0.15) is 5.10 Å². The summed E-state index contributed by atoms with van der Waals surface area (Å²) in [6, 6.07) is 13.8. The first-order valence-corrected chi connectivity index (χ1v) is 6.83. The molecule has 0 radical (unpaired) electrons. The van der Waals surface area contributed by atoms with Gasteiger partial charge < -0.3 is 5.73 Å². The fourth-order valence-electron chi connectivity index (χ4n) is 2.15. The number of anilines is 1. The van der Waals surface area contributed by atoms with Gasteiger partial charge in [-0.3, -0.25) is 4.68 Å². The monoisotopic (exact) mass is 301 g/mol. The average molecular weight is 302 g/mol. The van der Waals surface area contributed by atoms with Gasteiger partial charge in [-0.05, 0) is 29.8 Å². The van der Waals surface area contributed by atoms with Crippen LogP contribution < -0.4 is 5.73 Å². The Bertz CT molecular complexity index is 765. The van der Waals surface area contributed by atoms with Crippen LogP contribution in [0.15, 0.2) is 54.7 Å². The summed E-state index contributed by atoms with van der Waals surface area (Å²) in [5.41, 5.74) is 8.82. The molecule has 0 amide bonds. The molecule has 1 heterocycles. The molecule has 3 aromatic rings. The van der Waals surface area contributed by atoms with Gasteiger partial charge in [0.15, 0.2) is 0 Å². The summed E-state index contributed by atoms with van der Waals surface area (Å²) in [4.78, 5) is 0. The Balaban J connectivity index is 1.89. The fraction of sp³-hybridized carbons (Fsp3) is 0.0625. The first-order valence-electron chi connectivity index (χ1n) is 6.45. The third-order valence-electron chi connectivity index (χ3n) is 3.15. The van der Waals surface area contributed by atoms with Crippen LogP contribution in [-0.4, -0.2) is 9.78 Å². The zero-order valence-corrected chi connectivity index (χ0v) is 11.9. The predicted octanol–water partition coefficient (Wildman–Crippen LogP) is 3.97. The molecular weight excluding hydrogens is 289 g/mol. The van der Waals surface area contributed by atoms with E-state index in [-0.39, 0.29) is 5.82 Å². The maximum absolute atomic E-state index is 13.3. The number of hydrogen-bond donors (Lipinski definition) is 1. The molecule has 2 aromatic carbocycles. The summed E-state index contributed by atoms with van der Waals surface area (Å²) in [6.07, 6.45) is 1.74. The number of nitrogens with zero attached hydrogens (tertiary/aromatic N) is 2. The van der Waals surface area contributed by atoms with Gasteiger partial charge >= 0.3 is 0 Å². The molecular formula is C16H13ClFN3. The smallest absolute Gasteiger partial charge is 0.123 e. The molecule has 0 aliphatic rings. The zero-order chi connectivity index (χ0) is 14.8. The maximum atomic E-state index is 13.3. The molecule has 21 heavy (non-hydrogen) atoms. The molecule has 3 rings (SSSR count). The molecule has 5 heteroatoms. The van der Waals surface area contributed by atoms with Gasteiger partial charge in [0.2, 0.25) is 0 Å². The Kier molecular flexibility index (Phi) is 3.62. The van der Waals surface area contributed by atoms with Gasteiger partial charge in [-0.1, -0.05) is 35.9 Å². The molecule has 0 saturated carbocycles. The molecule has 0 bridgehead atoms. The number of aromatic nitrogens is 2. The second kappa shape index (κ2) is 5.58. The summed E-state index contributed by atoms with van der Waals surface area (Å²) in [5, 5.41) is 5.12. The first-order chi connectivity index (χ1) is 10.1. The van der Waals surface area contributed by atoms with Crippen molar-refractivity contribution in [3.63, 3.8) is 0 Å². The van der Waals surface area contributed by atoms with Gasteiger partial charge in [0.1, 0.15) is 11.5 Å². The van der Waals surface area contributed by atoms with E-state index in [4.69, 9.17) is 17.3 Å². The third kappa shape index (κ3) is 3.06. The summed E-state index contributed by atoms with van der Waals surface area (Å²) < 4.78 is 15.0. The van der Waals surface area contributed by atoms with E-state index in [9.17, 15) is 4.39 Å². The van der Waals surface area contributed by atoms with Gasteiger partial charge in [0.25, 0.3) is 0 Å². The molecule has 0 fully saturated rings. The average Bonchev–Trinajstić information content (AvgIpc) is 2.82. The van der Waals surface area contributed by atoms with Crippen molar-refractivity contribution in [3.8, 4) is 11.3 Å². The molecule has 0 spiro atoms. The van der Waals surface area contributed by atoms with Crippen molar-refractivity contribution in [1.82, 2.24) is 9.78 Å². The van der Waals surface area contributed by atoms with E-state index >= 15 is 0 Å². The highest BCUT2D eigenvalue weighted by Gasteiger charge is 2.09. The Hall–Kier alpha value is -2.33. The number of halogens is 2. The minimum atomic E-state index is -0.306. The topological polar surface area (TPSA) is 43.8 Å². The minimum Gasteiger partial charge on any atom is -0.396 e. The number of rotatable bonds is 3. The summed E-state index contributed by atoms with van der Waals surface area (Å²) in [7, 11) is 0. The second-order valence-electron chi connectivity index (χ2n) is 4.77. The van der Waals surface area contributed by atoms with E-state index in [1.54, 1.807) is 23.0 Å². The predicted molar refractivity (Wildman–Crippen MR) is 82.6 cm³/mol. The largest absolute Gasteiger partial charge is 0.396 e. The SMILES string of the molecule is Nc1cn(Cc2ccc(Cl)cc2)nc1-c1cccc(F)c1. The molecule has 2 N–H and O–H groups in total. The lowest BCUT2D eigenvalue weighted by Crippen LogP contribution is -2.00. The Morgan fingerprint density at radius 1 is 1.14 bits per heavy atom. The maximum Gasteiger partial charge on any atom is 0.123 e. The first kappa shape index (κ1) is 13.6. The Morgan fingerprint density at radius 2 is 1.90 bits per heavy atom. The van der Waals surface area contributed by atoms with Crippen molar-refractivity contribution in [2.45, 2.75) is 6.54 Å². The highest BCUT2D eigenvalue weighted by Crippen LogP contribution is 2.24. The second-order valence-corrected chi connectivity index (χ2v) is 5.20. The molecule has 106 valence electrons. The zero-order valence-electron chi connectivity index (χ0n) is 11.1. The van der Waals surface area contributed by atoms with Crippen LogP contribution in [0, 0.1) is 5.82 Å². The van der Waals surface area contributed by atoms with E-state index in [0.717, 1.165) is 5.56 Å². The highest BCUT2D eigenvalue weighted by atomic mass is 35.5. The van der Waals surface area contributed by atoms with Crippen molar-refractivity contribution >= 4 is 17.3 Å². The molecule has 0 atom stereocenters. The van der Waals surface area contributed by atoms with E-state index in [2.05, 4.69) is 5.10 Å². The number of nitrogen functional groups attached to an aromatic ring is 1. The number of nitrogens with two attached hydrogens (primary N) is 1. The van der Waals surface area contributed by atoms with Crippen LogP contribution in [0.2, 0.25) is 5.02 Å². The van der Waals surface area contributed by atoms with Crippen LogP contribution in [0.4, 0.5) is 10.1 Å². The summed E-state index contributed by atoms with van der Waals surface area (Å²) >= 11 is 5.86. The normalized spacial score (nSPS) is 10.8. The van der Waals surface area contributed by atoms with Gasteiger partial charge in [0, 0.05) is 16.8 Å². The Labute approximate surface area is 126 Å². The van der Waals surface area contributed by atoms with E-state index < -0.39 is 0 Å². The van der Waals surface area contributed by atoms with Crippen LogP contribution in [0.3, 0.4) is 0 Å². The molecule has 0 aliphatic heterocycles. The van der Waals surface area contributed by atoms with Crippen LogP contribution >= 0.6 is 11.6 Å². The lowest BCUT2D eigenvalue weighted by Gasteiger charge is -2.02. The van der Waals surface area contributed by atoms with Crippen LogP contribution in [0.5, 0.6) is 0 Å². The third-order valence-corrected chi connectivity index (χ3v) is 3.40. The number of benzene rings is 2. The van der Waals surface area contributed by atoms with Crippen LogP contribution in [0.1, 0.15) is 5.56 Å². The summed E-state index contributed by atoms with van der Waals surface area (Å²) in [6.45, 7) is 0.580. The Morgan fingerprint density at radius 3 is 2.62 bits per heavy atom. The van der Waals surface area contributed by atoms with Gasteiger partial charge in [-0.15, -0.1) is 0 Å². The molecule has 1 aromatic heterocycles. The van der Waals surface area contributed by atoms with Crippen LogP contribution in [-0.2, 0) is 6.54 Å². The van der Waals surface area contributed by atoms with Crippen LogP contribution in [0.25, 0.3) is 11.3 Å². The van der Waals surface area contributed by atoms with E-state index in [1.807, 2.05) is 24.3 Å². The lowest BCUT2D eigenvalue weighted by atomic mass is 10.1. The lowest BCUT2D eigenvalue weighted by molar-refractivity contribution is 0.628. The molecule has 0 unspecified atom stereocenters. The number of hydrogen-bond acceptors (Lipinski definition) is 2. The molecule has 0 aliphatic carbocycles. The standard InChI is InChI=1S/C16H13ClFN3/c17-13-6-4-11(5-7-13)9-21-10-15(19)16(20-21)12-2-1-3-14(18)8-12/h1-8,10H,9,19H2. The van der Waals surface area contributed by atoms with E-state index in [0.29, 0.717) is 28.5 Å². The minimum absolute atomic E-state index is 0.306. The van der Waals surface area contributed by atoms with Crippen molar-refractivity contribution in [2.75, 3.05) is 5.73 Å². The summed E-state index contributed by atoms with van der Waals surface area (Å²) in [5.74, 6) is -0.306.